The molecule has 0 aromatic heterocycles. The van der Waals surface area contributed by atoms with Crippen LogP contribution in [-0.4, -0.2) is 15.7 Å². The first-order chi connectivity index (χ1) is 7.18. The van der Waals surface area contributed by atoms with Crippen LogP contribution in [0.25, 0.3) is 0 Å². The van der Waals surface area contributed by atoms with Gasteiger partial charge in [0.15, 0.2) is 0 Å². The molecular weight excluding hydrogens is 214 g/mol. The van der Waals surface area contributed by atoms with Crippen LogP contribution in [0.5, 0.6) is 0 Å². The van der Waals surface area contributed by atoms with Crippen LogP contribution in [0.3, 0.4) is 0 Å². The van der Waals surface area contributed by atoms with E-state index >= 15 is 0 Å². The summed E-state index contributed by atoms with van der Waals surface area (Å²) in [6.07, 6.45) is 9.84. The molecule has 0 unspecified atom stereocenters. The van der Waals surface area contributed by atoms with E-state index in [1.807, 2.05) is 0 Å². The average Bonchev–Trinajstić information content (AvgIpc) is 2.21. The van der Waals surface area contributed by atoms with Crippen LogP contribution < -0.4 is 0 Å². The van der Waals surface area contributed by atoms with Gasteiger partial charge in [0.25, 0.3) is 5.91 Å². The number of unbranched alkanes of at least 4 members (excludes halogenated alkanes) is 7. The van der Waals surface area contributed by atoms with E-state index in [1.54, 1.807) is 0 Å². The number of carbonyl (C=O) groups excluding carboxylic acids is 1. The first-order valence-corrected chi connectivity index (χ1v) is 6.20. The van der Waals surface area contributed by atoms with E-state index < -0.39 is 5.91 Å². The average molecular weight is 236 g/mol. The molecule has 0 heterocycles. The molecule has 1 amide bonds. The zero-order valence-electron chi connectivity index (χ0n) is 9.54. The molecule has 90 valence electrons. The molecule has 0 atom stereocenters. The Kier molecular flexibility index (Phi) is 10.1. The summed E-state index contributed by atoms with van der Waals surface area (Å²) in [5, 5.41) is 8.57. The molecule has 0 bridgehead atoms. The van der Waals surface area contributed by atoms with Gasteiger partial charge in [-0.15, -0.1) is 4.58 Å². The highest BCUT2D eigenvalue weighted by molar-refractivity contribution is 6.19. The lowest BCUT2D eigenvalue weighted by Crippen LogP contribution is -2.16. The lowest BCUT2D eigenvalue weighted by atomic mass is 10.1. The van der Waals surface area contributed by atoms with Gasteiger partial charge < -0.3 is 0 Å². The zero-order valence-corrected chi connectivity index (χ0v) is 10.3. The topological polar surface area (TPSA) is 40.5 Å². The van der Waals surface area contributed by atoms with Gasteiger partial charge in [0.2, 0.25) is 0 Å². The maximum absolute atomic E-state index is 10.9. The summed E-state index contributed by atoms with van der Waals surface area (Å²) in [5.74, 6) is -0.414. The number of hydrogen-bond acceptors (Lipinski definition) is 2. The van der Waals surface area contributed by atoms with Gasteiger partial charge in [-0.25, -0.2) is 0 Å². The molecule has 0 aromatic rings. The Labute approximate surface area is 97.5 Å². The molecule has 1 N–H and O–H groups in total. The number of hydroxylamine groups is 1. The lowest BCUT2D eigenvalue weighted by Gasteiger charge is -2.04. The van der Waals surface area contributed by atoms with Crippen molar-refractivity contribution in [1.29, 1.82) is 0 Å². The van der Waals surface area contributed by atoms with Crippen molar-refractivity contribution in [2.45, 2.75) is 64.7 Å². The summed E-state index contributed by atoms with van der Waals surface area (Å²) in [6.45, 7) is 2.21. The molecule has 0 fully saturated rings. The highest BCUT2D eigenvalue weighted by Crippen LogP contribution is 2.10. The van der Waals surface area contributed by atoms with Crippen molar-refractivity contribution in [3.05, 3.63) is 0 Å². The minimum absolute atomic E-state index is 0.154. The smallest absolute Gasteiger partial charge is 0.261 e. The third-order valence-corrected chi connectivity index (χ3v) is 2.64. The Morgan fingerprint density at radius 3 is 2.00 bits per heavy atom. The fraction of sp³-hybridized carbons (Fsp3) is 0.909. The van der Waals surface area contributed by atoms with E-state index in [0.29, 0.717) is 6.42 Å². The summed E-state index contributed by atoms with van der Waals surface area (Å²) < 4.78 is 0.154. The summed E-state index contributed by atoms with van der Waals surface area (Å²) in [5.41, 5.74) is 0. The lowest BCUT2D eigenvalue weighted by molar-refractivity contribution is -0.146. The molecule has 4 heteroatoms. The van der Waals surface area contributed by atoms with Crippen LogP contribution in [0.15, 0.2) is 0 Å². The van der Waals surface area contributed by atoms with Gasteiger partial charge >= 0.3 is 0 Å². The summed E-state index contributed by atoms with van der Waals surface area (Å²) in [4.78, 5) is 10.9. The number of hydrogen-bond donors (Lipinski definition) is 1. The first kappa shape index (κ1) is 14.7. The van der Waals surface area contributed by atoms with Crippen molar-refractivity contribution in [1.82, 2.24) is 4.58 Å². The van der Waals surface area contributed by atoms with Gasteiger partial charge in [0.1, 0.15) is 0 Å². The Hall–Kier alpha value is -0.280. The summed E-state index contributed by atoms with van der Waals surface area (Å²) >= 11 is 5.06. The van der Waals surface area contributed by atoms with Gasteiger partial charge in [0.05, 0.1) is 0 Å². The molecule has 0 saturated carbocycles. The predicted octanol–water partition coefficient (Wildman–Crippen LogP) is 3.89. The Morgan fingerprint density at radius 2 is 1.53 bits per heavy atom. The van der Waals surface area contributed by atoms with Crippen molar-refractivity contribution >= 4 is 17.7 Å². The van der Waals surface area contributed by atoms with Gasteiger partial charge in [-0.05, 0) is 6.42 Å². The second-order valence-electron chi connectivity index (χ2n) is 3.88. The molecule has 0 aliphatic rings. The van der Waals surface area contributed by atoms with Crippen LogP contribution in [0, 0.1) is 0 Å². The van der Waals surface area contributed by atoms with Gasteiger partial charge in [-0.1, -0.05) is 51.9 Å². The zero-order chi connectivity index (χ0) is 11.5. The monoisotopic (exact) mass is 235 g/mol. The van der Waals surface area contributed by atoms with Gasteiger partial charge in [-0.2, -0.15) is 0 Å². The molecule has 0 aliphatic carbocycles. The summed E-state index contributed by atoms with van der Waals surface area (Å²) in [7, 11) is 0. The minimum Gasteiger partial charge on any atom is -0.271 e. The molecule has 3 nitrogen and oxygen atoms in total. The van der Waals surface area contributed by atoms with Crippen molar-refractivity contribution < 1.29 is 10.0 Å². The molecule has 0 radical (unpaired) electrons. The molecule has 0 rings (SSSR count). The highest BCUT2D eigenvalue weighted by Gasteiger charge is 2.06. The third-order valence-electron chi connectivity index (χ3n) is 2.45. The fourth-order valence-electron chi connectivity index (χ4n) is 1.50. The van der Waals surface area contributed by atoms with Crippen LogP contribution in [0.4, 0.5) is 0 Å². The molecule has 0 saturated heterocycles. The SMILES string of the molecule is CCCCCCCCCCC(=O)N(O)Cl. The van der Waals surface area contributed by atoms with Crippen molar-refractivity contribution in [3.63, 3.8) is 0 Å². The van der Waals surface area contributed by atoms with Gasteiger partial charge in [-0.3, -0.25) is 10.0 Å². The van der Waals surface area contributed by atoms with E-state index in [-0.39, 0.29) is 4.58 Å². The molecule has 0 spiro atoms. The van der Waals surface area contributed by atoms with E-state index in [0.717, 1.165) is 12.8 Å². The van der Waals surface area contributed by atoms with Crippen LogP contribution in [-0.2, 0) is 4.79 Å². The fourth-order valence-corrected chi connectivity index (χ4v) is 1.59. The number of nitrogens with zero attached hydrogens (tertiary/aromatic N) is 1. The van der Waals surface area contributed by atoms with E-state index in [1.165, 1.54) is 38.5 Å². The molecular formula is C11H22ClNO2. The standard InChI is InChI=1S/C11H22ClNO2/c1-2-3-4-5-6-7-8-9-10-11(14)13(12)15/h15H,2-10H2,1H3. The van der Waals surface area contributed by atoms with Crippen molar-refractivity contribution in [2.24, 2.45) is 0 Å². The predicted molar refractivity (Wildman–Crippen MR) is 61.7 cm³/mol. The molecule has 15 heavy (non-hydrogen) atoms. The van der Waals surface area contributed by atoms with Crippen LogP contribution in [0.2, 0.25) is 0 Å². The first-order valence-electron chi connectivity index (χ1n) is 5.86. The maximum atomic E-state index is 10.9. The van der Waals surface area contributed by atoms with E-state index in [4.69, 9.17) is 17.0 Å². The largest absolute Gasteiger partial charge is 0.271 e. The number of rotatable bonds is 9. The quantitative estimate of drug-likeness (QED) is 0.285. The third kappa shape index (κ3) is 10.0. The van der Waals surface area contributed by atoms with Crippen molar-refractivity contribution in [2.75, 3.05) is 0 Å². The number of carbonyl (C=O) groups is 1. The second-order valence-corrected chi connectivity index (χ2v) is 4.20. The Balaban J connectivity index is 3.08. The molecule has 0 aromatic carbocycles. The van der Waals surface area contributed by atoms with Gasteiger partial charge in [0, 0.05) is 18.2 Å². The van der Waals surface area contributed by atoms with E-state index in [9.17, 15) is 4.79 Å². The normalized spacial score (nSPS) is 10.3. The number of amides is 1. The Morgan fingerprint density at radius 1 is 1.07 bits per heavy atom. The van der Waals surface area contributed by atoms with E-state index in [2.05, 4.69) is 6.92 Å². The maximum Gasteiger partial charge on any atom is 0.261 e. The molecule has 0 aliphatic heterocycles. The minimum atomic E-state index is -0.414. The van der Waals surface area contributed by atoms with Crippen LogP contribution >= 0.6 is 11.8 Å². The second kappa shape index (κ2) is 10.2. The summed E-state index contributed by atoms with van der Waals surface area (Å²) in [6, 6.07) is 0. The highest BCUT2D eigenvalue weighted by atomic mass is 35.5. The number of halogens is 1. The van der Waals surface area contributed by atoms with Crippen LogP contribution in [0.1, 0.15) is 64.7 Å². The van der Waals surface area contributed by atoms with Crippen molar-refractivity contribution in [3.8, 4) is 0 Å². The Bertz CT molecular complexity index is 163.